The molecular formula is C21H25ClN4O3. The second-order valence-corrected chi connectivity index (χ2v) is 8.49. The quantitative estimate of drug-likeness (QED) is 0.464. The molecule has 7 nitrogen and oxygen atoms in total. The smallest absolute Gasteiger partial charge is 0.410 e. The maximum Gasteiger partial charge on any atom is 0.410 e. The number of nitrogens with zero attached hydrogens (tertiary/aromatic N) is 3. The van der Waals surface area contributed by atoms with E-state index >= 15 is 0 Å². The van der Waals surface area contributed by atoms with Crippen molar-refractivity contribution in [3.8, 4) is 0 Å². The number of hydrogen-bond donors (Lipinski definition) is 1. The summed E-state index contributed by atoms with van der Waals surface area (Å²) in [7, 11) is 0. The van der Waals surface area contributed by atoms with Crippen molar-refractivity contribution in [3.05, 3.63) is 40.5 Å². The molecule has 1 fully saturated rings. The van der Waals surface area contributed by atoms with Crippen molar-refractivity contribution >= 4 is 40.7 Å². The van der Waals surface area contributed by atoms with Gasteiger partial charge in [-0.3, -0.25) is 9.69 Å². The van der Waals surface area contributed by atoms with Gasteiger partial charge in [-0.15, -0.1) is 0 Å². The minimum atomic E-state index is -0.614. The van der Waals surface area contributed by atoms with E-state index in [4.69, 9.17) is 16.3 Å². The highest BCUT2D eigenvalue weighted by molar-refractivity contribution is 6.32. The number of amides is 2. The number of aryl methyl sites for hydroxylation is 1. The van der Waals surface area contributed by atoms with Crippen LogP contribution in [-0.2, 0) is 9.53 Å². The number of halogens is 1. The van der Waals surface area contributed by atoms with Gasteiger partial charge in [-0.05, 0) is 58.2 Å². The number of carbonyl (C=O) groups is 2. The number of ether oxygens (including phenoxy) is 1. The number of fused-ring (bicyclic) bond motifs is 1. The van der Waals surface area contributed by atoms with Crippen LogP contribution in [0.1, 0.15) is 44.7 Å². The normalized spacial score (nSPS) is 17.1. The lowest BCUT2D eigenvalue weighted by molar-refractivity contribution is -0.125. The second-order valence-electron chi connectivity index (χ2n) is 8.13. The first kappa shape index (κ1) is 21.0. The van der Waals surface area contributed by atoms with Crippen LogP contribution in [0.4, 0.5) is 4.79 Å². The van der Waals surface area contributed by atoms with Crippen molar-refractivity contribution in [3.63, 3.8) is 0 Å². The SMILES string of the molecule is Cc1ccc2cc(C=NNC(=O)[C@@H]3CCCN3C(=O)OC(C)(C)C)c(Cl)nc2c1. The van der Waals surface area contributed by atoms with Gasteiger partial charge < -0.3 is 4.74 Å². The fraction of sp³-hybridized carbons (Fsp3) is 0.429. The standard InChI is InChI=1S/C21H25ClN4O3/c1-13-7-8-14-11-15(18(22)24-16(14)10-13)12-23-25-19(27)17-6-5-9-26(17)20(28)29-21(2,3)4/h7-8,10-12,17H,5-6,9H2,1-4H3,(H,25,27)/t17-/m0/s1. The third-order valence-electron chi connectivity index (χ3n) is 4.52. The monoisotopic (exact) mass is 416 g/mol. The molecule has 3 rings (SSSR count). The Morgan fingerprint density at radius 1 is 1.34 bits per heavy atom. The van der Waals surface area contributed by atoms with E-state index in [9.17, 15) is 9.59 Å². The van der Waals surface area contributed by atoms with Crippen molar-refractivity contribution in [1.29, 1.82) is 0 Å². The molecule has 0 spiro atoms. The van der Waals surface area contributed by atoms with Gasteiger partial charge in [-0.25, -0.2) is 15.2 Å². The first-order chi connectivity index (χ1) is 13.6. The topological polar surface area (TPSA) is 83.9 Å². The van der Waals surface area contributed by atoms with E-state index in [1.807, 2.05) is 31.2 Å². The summed E-state index contributed by atoms with van der Waals surface area (Å²) in [6.07, 6.45) is 2.27. The number of nitrogens with one attached hydrogen (secondary N) is 1. The molecule has 1 aromatic heterocycles. The van der Waals surface area contributed by atoms with Gasteiger partial charge in [0.25, 0.3) is 5.91 Å². The van der Waals surface area contributed by atoms with Crippen LogP contribution < -0.4 is 5.43 Å². The molecule has 0 saturated carbocycles. The third kappa shape index (κ3) is 5.23. The van der Waals surface area contributed by atoms with E-state index in [0.717, 1.165) is 22.9 Å². The number of pyridine rings is 1. The molecule has 0 bridgehead atoms. The van der Waals surface area contributed by atoms with Gasteiger partial charge in [0.2, 0.25) is 0 Å². The molecule has 0 radical (unpaired) electrons. The molecule has 1 saturated heterocycles. The number of likely N-dealkylation sites (tertiary alicyclic amines) is 1. The zero-order chi connectivity index (χ0) is 21.2. The maximum atomic E-state index is 12.5. The number of hydrazone groups is 1. The van der Waals surface area contributed by atoms with Gasteiger partial charge >= 0.3 is 6.09 Å². The van der Waals surface area contributed by atoms with Crippen molar-refractivity contribution in [2.75, 3.05) is 6.54 Å². The van der Waals surface area contributed by atoms with Gasteiger partial charge in [0.1, 0.15) is 16.8 Å². The summed E-state index contributed by atoms with van der Waals surface area (Å²) < 4.78 is 5.38. The van der Waals surface area contributed by atoms with E-state index in [2.05, 4.69) is 15.5 Å². The molecule has 0 aliphatic carbocycles. The fourth-order valence-electron chi connectivity index (χ4n) is 3.18. The van der Waals surface area contributed by atoms with Crippen LogP contribution >= 0.6 is 11.6 Å². The average Bonchev–Trinajstić information content (AvgIpc) is 3.11. The number of benzene rings is 1. The molecule has 154 valence electrons. The number of rotatable bonds is 3. The van der Waals surface area contributed by atoms with Crippen LogP contribution in [0.25, 0.3) is 10.9 Å². The summed E-state index contributed by atoms with van der Waals surface area (Å²) in [4.78, 5) is 30.7. The largest absolute Gasteiger partial charge is 0.444 e. The Kier molecular flexibility index (Phi) is 6.07. The predicted molar refractivity (Wildman–Crippen MR) is 113 cm³/mol. The summed E-state index contributed by atoms with van der Waals surface area (Å²) in [6, 6.07) is 7.17. The molecule has 2 amide bonds. The van der Waals surface area contributed by atoms with E-state index in [1.165, 1.54) is 11.1 Å². The van der Waals surface area contributed by atoms with Crippen molar-refractivity contribution in [2.24, 2.45) is 5.10 Å². The summed E-state index contributed by atoms with van der Waals surface area (Å²) in [6.45, 7) is 7.86. The van der Waals surface area contributed by atoms with Gasteiger partial charge in [-0.1, -0.05) is 23.7 Å². The van der Waals surface area contributed by atoms with Gasteiger partial charge in [0, 0.05) is 17.5 Å². The lowest BCUT2D eigenvalue weighted by atomic mass is 10.1. The summed E-state index contributed by atoms with van der Waals surface area (Å²) >= 11 is 6.24. The fourth-order valence-corrected chi connectivity index (χ4v) is 3.37. The maximum absolute atomic E-state index is 12.5. The van der Waals surface area contributed by atoms with Gasteiger partial charge in [0.05, 0.1) is 11.7 Å². The van der Waals surface area contributed by atoms with Crippen LogP contribution in [0.15, 0.2) is 29.4 Å². The molecule has 2 aromatic rings. The number of carbonyl (C=O) groups excluding carboxylic acids is 2. The zero-order valence-electron chi connectivity index (χ0n) is 17.0. The molecule has 1 aliphatic heterocycles. The molecule has 1 atom stereocenters. The Hall–Kier alpha value is -2.67. The molecule has 2 heterocycles. The Morgan fingerprint density at radius 2 is 2.10 bits per heavy atom. The number of hydrogen-bond acceptors (Lipinski definition) is 5. The highest BCUT2D eigenvalue weighted by atomic mass is 35.5. The Bertz CT molecular complexity index is 968. The second kappa shape index (κ2) is 8.37. The third-order valence-corrected chi connectivity index (χ3v) is 4.82. The zero-order valence-corrected chi connectivity index (χ0v) is 17.8. The highest BCUT2D eigenvalue weighted by Gasteiger charge is 2.36. The molecular weight excluding hydrogens is 392 g/mol. The summed E-state index contributed by atoms with van der Waals surface area (Å²) in [5, 5.41) is 5.25. The molecule has 1 N–H and O–H groups in total. The molecule has 8 heteroatoms. The average molecular weight is 417 g/mol. The minimum Gasteiger partial charge on any atom is -0.444 e. The first-order valence-electron chi connectivity index (χ1n) is 9.53. The Balaban J connectivity index is 1.67. The van der Waals surface area contributed by atoms with Crippen molar-refractivity contribution in [2.45, 2.75) is 52.2 Å². The lowest BCUT2D eigenvalue weighted by Gasteiger charge is -2.27. The van der Waals surface area contributed by atoms with Crippen LogP contribution in [0.3, 0.4) is 0 Å². The summed E-state index contributed by atoms with van der Waals surface area (Å²) in [5.74, 6) is -0.356. The predicted octanol–water partition coefficient (Wildman–Crippen LogP) is 4.05. The van der Waals surface area contributed by atoms with Crippen molar-refractivity contribution < 1.29 is 14.3 Å². The van der Waals surface area contributed by atoms with Gasteiger partial charge in [-0.2, -0.15) is 5.10 Å². The van der Waals surface area contributed by atoms with Crippen LogP contribution in [0, 0.1) is 6.92 Å². The van der Waals surface area contributed by atoms with E-state index in [-0.39, 0.29) is 5.91 Å². The molecule has 1 aromatic carbocycles. The van der Waals surface area contributed by atoms with E-state index < -0.39 is 17.7 Å². The lowest BCUT2D eigenvalue weighted by Crippen LogP contribution is -2.46. The minimum absolute atomic E-state index is 0.303. The first-order valence-corrected chi connectivity index (χ1v) is 9.91. The number of aromatic nitrogens is 1. The van der Waals surface area contributed by atoms with E-state index in [1.54, 1.807) is 20.8 Å². The Morgan fingerprint density at radius 3 is 2.83 bits per heavy atom. The molecule has 0 unspecified atom stereocenters. The van der Waals surface area contributed by atoms with Crippen LogP contribution in [0.5, 0.6) is 0 Å². The molecule has 1 aliphatic rings. The highest BCUT2D eigenvalue weighted by Crippen LogP contribution is 2.22. The van der Waals surface area contributed by atoms with Gasteiger partial charge in [0.15, 0.2) is 0 Å². The molecule has 29 heavy (non-hydrogen) atoms. The van der Waals surface area contributed by atoms with E-state index in [0.29, 0.717) is 23.7 Å². The van der Waals surface area contributed by atoms with Crippen LogP contribution in [0.2, 0.25) is 5.15 Å². The summed E-state index contributed by atoms with van der Waals surface area (Å²) in [5.41, 5.74) is 4.38. The Labute approximate surface area is 175 Å². The van der Waals surface area contributed by atoms with Crippen LogP contribution in [-0.4, -0.2) is 46.3 Å². The van der Waals surface area contributed by atoms with Crippen molar-refractivity contribution in [1.82, 2.24) is 15.3 Å².